The van der Waals surface area contributed by atoms with E-state index in [2.05, 4.69) is 0 Å². The van der Waals surface area contributed by atoms with Crippen LogP contribution in [0.2, 0.25) is 0 Å². The lowest BCUT2D eigenvalue weighted by molar-refractivity contribution is -0.142. The normalized spacial score (nSPS) is 12.0. The Hall–Kier alpha value is -2.62. The van der Waals surface area contributed by atoms with E-state index in [1.807, 2.05) is 60.7 Å². The fourth-order valence-corrected chi connectivity index (χ4v) is 2.57. The van der Waals surface area contributed by atoms with Gasteiger partial charge in [-0.1, -0.05) is 67.6 Å². The standard InChI is InChI=1S/C19H21NO3/c1-14(19(22)23)13-20(2)18(21)17(15-9-5-3-6-10-15)16-11-7-4-8-12-16/h3-12,14,17H,13H2,1-2H3,(H,22,23). The number of nitrogens with zero attached hydrogens (tertiary/aromatic N) is 1. The summed E-state index contributed by atoms with van der Waals surface area (Å²) in [5, 5.41) is 9.05. The molecule has 0 aliphatic heterocycles. The molecular formula is C19H21NO3. The number of hydrogen-bond donors (Lipinski definition) is 1. The third-order valence-electron chi connectivity index (χ3n) is 3.86. The number of hydrogen-bond acceptors (Lipinski definition) is 2. The highest BCUT2D eigenvalue weighted by atomic mass is 16.4. The van der Waals surface area contributed by atoms with E-state index in [4.69, 9.17) is 5.11 Å². The molecule has 4 heteroatoms. The van der Waals surface area contributed by atoms with E-state index in [-0.39, 0.29) is 12.5 Å². The van der Waals surface area contributed by atoms with E-state index < -0.39 is 17.8 Å². The highest BCUT2D eigenvalue weighted by Crippen LogP contribution is 2.26. The van der Waals surface area contributed by atoms with E-state index >= 15 is 0 Å². The Morgan fingerprint density at radius 3 is 1.78 bits per heavy atom. The molecule has 0 aliphatic rings. The van der Waals surface area contributed by atoms with Crippen LogP contribution in [0.25, 0.3) is 0 Å². The lowest BCUT2D eigenvalue weighted by Crippen LogP contribution is -2.37. The second-order valence-electron chi connectivity index (χ2n) is 5.71. The number of likely N-dealkylation sites (N-methyl/N-ethyl adjacent to an activating group) is 1. The minimum absolute atomic E-state index is 0.101. The van der Waals surface area contributed by atoms with Crippen molar-refractivity contribution >= 4 is 11.9 Å². The zero-order chi connectivity index (χ0) is 16.8. The number of amides is 1. The SMILES string of the molecule is CC(CN(C)C(=O)C(c1ccccc1)c1ccccc1)C(=O)O. The number of carbonyl (C=O) groups excluding carboxylic acids is 1. The molecule has 120 valence electrons. The van der Waals surface area contributed by atoms with Gasteiger partial charge >= 0.3 is 5.97 Å². The minimum Gasteiger partial charge on any atom is -0.481 e. The van der Waals surface area contributed by atoms with Crippen molar-refractivity contribution in [2.45, 2.75) is 12.8 Å². The van der Waals surface area contributed by atoms with Crippen molar-refractivity contribution in [1.29, 1.82) is 0 Å². The quantitative estimate of drug-likeness (QED) is 0.892. The fraction of sp³-hybridized carbons (Fsp3) is 0.263. The van der Waals surface area contributed by atoms with Crippen LogP contribution in [0, 0.1) is 5.92 Å². The molecule has 0 radical (unpaired) electrons. The lowest BCUT2D eigenvalue weighted by atomic mass is 9.90. The molecule has 0 spiro atoms. The van der Waals surface area contributed by atoms with E-state index in [0.29, 0.717) is 0 Å². The molecule has 1 atom stereocenters. The average Bonchev–Trinajstić information content (AvgIpc) is 2.56. The number of benzene rings is 2. The van der Waals surface area contributed by atoms with Gasteiger partial charge in [-0.3, -0.25) is 9.59 Å². The zero-order valence-electron chi connectivity index (χ0n) is 13.3. The molecule has 2 rings (SSSR count). The monoisotopic (exact) mass is 311 g/mol. The van der Waals surface area contributed by atoms with Crippen LogP contribution in [-0.4, -0.2) is 35.5 Å². The topological polar surface area (TPSA) is 57.6 Å². The number of aliphatic carboxylic acids is 1. The third kappa shape index (κ3) is 4.19. The Morgan fingerprint density at radius 2 is 1.39 bits per heavy atom. The molecule has 0 aromatic heterocycles. The van der Waals surface area contributed by atoms with Gasteiger partial charge in [-0.25, -0.2) is 0 Å². The molecule has 23 heavy (non-hydrogen) atoms. The van der Waals surface area contributed by atoms with Gasteiger partial charge in [0.15, 0.2) is 0 Å². The molecule has 0 bridgehead atoms. The fourth-order valence-electron chi connectivity index (χ4n) is 2.57. The molecule has 0 heterocycles. The van der Waals surface area contributed by atoms with Crippen molar-refractivity contribution in [1.82, 2.24) is 4.90 Å². The smallest absolute Gasteiger partial charge is 0.308 e. The summed E-state index contributed by atoms with van der Waals surface area (Å²) in [5.74, 6) is -2.03. The largest absolute Gasteiger partial charge is 0.481 e. The van der Waals surface area contributed by atoms with Gasteiger partial charge < -0.3 is 10.0 Å². The van der Waals surface area contributed by atoms with Gasteiger partial charge in [0.2, 0.25) is 5.91 Å². The molecule has 0 aliphatic carbocycles. The Balaban J connectivity index is 2.31. The van der Waals surface area contributed by atoms with Crippen LogP contribution in [0.15, 0.2) is 60.7 Å². The van der Waals surface area contributed by atoms with Gasteiger partial charge in [-0.2, -0.15) is 0 Å². The van der Waals surface area contributed by atoms with Crippen molar-refractivity contribution in [3.8, 4) is 0 Å². The van der Waals surface area contributed by atoms with E-state index in [1.54, 1.807) is 14.0 Å². The molecule has 0 saturated heterocycles. The molecule has 1 N–H and O–H groups in total. The molecule has 1 amide bonds. The highest BCUT2D eigenvalue weighted by molar-refractivity contribution is 5.87. The number of carbonyl (C=O) groups is 2. The summed E-state index contributed by atoms with van der Waals surface area (Å²) in [4.78, 5) is 25.5. The van der Waals surface area contributed by atoms with Crippen LogP contribution < -0.4 is 0 Å². The summed E-state index contributed by atoms with van der Waals surface area (Å²) < 4.78 is 0. The summed E-state index contributed by atoms with van der Waals surface area (Å²) in [6.45, 7) is 1.79. The van der Waals surface area contributed by atoms with E-state index in [9.17, 15) is 9.59 Å². The van der Waals surface area contributed by atoms with Crippen LogP contribution in [0.5, 0.6) is 0 Å². The van der Waals surface area contributed by atoms with Gasteiger partial charge in [0.05, 0.1) is 11.8 Å². The maximum absolute atomic E-state index is 12.9. The highest BCUT2D eigenvalue weighted by Gasteiger charge is 2.27. The van der Waals surface area contributed by atoms with Gasteiger partial charge in [0.25, 0.3) is 0 Å². The van der Waals surface area contributed by atoms with Crippen LogP contribution in [0.1, 0.15) is 24.0 Å². The van der Waals surface area contributed by atoms with Crippen LogP contribution in [0.4, 0.5) is 0 Å². The molecule has 1 unspecified atom stereocenters. The maximum Gasteiger partial charge on any atom is 0.308 e. The first-order valence-electron chi connectivity index (χ1n) is 7.58. The third-order valence-corrected chi connectivity index (χ3v) is 3.86. The summed E-state index contributed by atoms with van der Waals surface area (Å²) >= 11 is 0. The van der Waals surface area contributed by atoms with Gasteiger partial charge in [0.1, 0.15) is 0 Å². The Bertz CT molecular complexity index is 615. The Kier molecular flexibility index (Phi) is 5.52. The van der Waals surface area contributed by atoms with Gasteiger partial charge in [-0.15, -0.1) is 0 Å². The van der Waals surface area contributed by atoms with Crippen molar-refractivity contribution in [3.63, 3.8) is 0 Å². The summed E-state index contributed by atoms with van der Waals surface area (Å²) in [5.41, 5.74) is 1.80. The lowest BCUT2D eigenvalue weighted by Gasteiger charge is -2.26. The average molecular weight is 311 g/mol. The first kappa shape index (κ1) is 16.7. The second-order valence-corrected chi connectivity index (χ2v) is 5.71. The number of carboxylic acids is 1. The molecule has 0 fully saturated rings. The molecule has 4 nitrogen and oxygen atoms in total. The molecule has 0 saturated carbocycles. The Morgan fingerprint density at radius 1 is 0.957 bits per heavy atom. The summed E-state index contributed by atoms with van der Waals surface area (Å²) in [6, 6.07) is 19.1. The number of carboxylic acid groups (broad SMARTS) is 1. The number of rotatable bonds is 6. The first-order chi connectivity index (χ1) is 11.0. The van der Waals surface area contributed by atoms with Crippen LogP contribution >= 0.6 is 0 Å². The summed E-state index contributed by atoms with van der Waals surface area (Å²) in [7, 11) is 1.65. The predicted molar refractivity (Wildman–Crippen MR) is 89.2 cm³/mol. The molecule has 2 aromatic rings. The van der Waals surface area contributed by atoms with E-state index in [0.717, 1.165) is 11.1 Å². The minimum atomic E-state index is -0.902. The van der Waals surface area contributed by atoms with Gasteiger partial charge in [0, 0.05) is 13.6 Å². The first-order valence-corrected chi connectivity index (χ1v) is 7.58. The van der Waals surface area contributed by atoms with Gasteiger partial charge in [-0.05, 0) is 11.1 Å². The van der Waals surface area contributed by atoms with Crippen molar-refractivity contribution in [2.24, 2.45) is 5.92 Å². The van der Waals surface area contributed by atoms with Crippen LogP contribution in [0.3, 0.4) is 0 Å². The van der Waals surface area contributed by atoms with Crippen molar-refractivity contribution in [2.75, 3.05) is 13.6 Å². The van der Waals surface area contributed by atoms with Crippen molar-refractivity contribution in [3.05, 3.63) is 71.8 Å². The summed E-state index contributed by atoms with van der Waals surface area (Å²) in [6.07, 6.45) is 0. The molecular weight excluding hydrogens is 290 g/mol. The predicted octanol–water partition coefficient (Wildman–Crippen LogP) is 3.00. The molecule has 2 aromatic carbocycles. The Labute approximate surface area is 136 Å². The van der Waals surface area contributed by atoms with E-state index in [1.165, 1.54) is 4.90 Å². The maximum atomic E-state index is 12.9. The second kappa shape index (κ2) is 7.58. The zero-order valence-corrected chi connectivity index (χ0v) is 13.3. The van der Waals surface area contributed by atoms with Crippen LogP contribution in [-0.2, 0) is 9.59 Å². The van der Waals surface area contributed by atoms with Crippen molar-refractivity contribution < 1.29 is 14.7 Å².